The van der Waals surface area contributed by atoms with Crippen LogP contribution in [0.3, 0.4) is 0 Å². The highest BCUT2D eigenvalue weighted by molar-refractivity contribution is 5.80. The quantitative estimate of drug-likeness (QED) is 0.597. The number of guanidine groups is 1. The van der Waals surface area contributed by atoms with Gasteiger partial charge in [-0.1, -0.05) is 43.2 Å². The van der Waals surface area contributed by atoms with Gasteiger partial charge >= 0.3 is 0 Å². The van der Waals surface area contributed by atoms with Gasteiger partial charge in [0.25, 0.3) is 0 Å². The largest absolute Gasteiger partial charge is 0.355 e. The molecule has 1 aliphatic carbocycles. The van der Waals surface area contributed by atoms with Crippen molar-refractivity contribution in [2.24, 2.45) is 10.9 Å². The molecular weight excluding hydrogens is 374 g/mol. The van der Waals surface area contributed by atoms with Gasteiger partial charge in [0.05, 0.1) is 0 Å². The van der Waals surface area contributed by atoms with Crippen molar-refractivity contribution in [1.82, 2.24) is 20.0 Å². The molecule has 2 aliphatic heterocycles. The standard InChI is InChI=1S/C24H37N5O/c1-25-24(29-13-11-22(19-29)20-7-3-2-4-8-20)26-12-14-27-15-17-28(18-16-27)23(30)21-9-5-6-10-21/h2-4,7-8,21-22H,5-6,9-19H2,1H3,(H,25,26). The predicted octanol–water partition coefficient (Wildman–Crippen LogP) is 2.39. The average molecular weight is 412 g/mol. The second-order valence-corrected chi connectivity index (χ2v) is 8.96. The number of amides is 1. The van der Waals surface area contributed by atoms with E-state index >= 15 is 0 Å². The topological polar surface area (TPSA) is 51.2 Å². The summed E-state index contributed by atoms with van der Waals surface area (Å²) in [5.41, 5.74) is 1.43. The molecule has 1 N–H and O–H groups in total. The molecule has 2 saturated heterocycles. The van der Waals surface area contributed by atoms with E-state index < -0.39 is 0 Å². The van der Waals surface area contributed by atoms with Crippen molar-refractivity contribution in [3.05, 3.63) is 35.9 Å². The Labute approximate surface area is 181 Å². The molecule has 3 fully saturated rings. The molecule has 6 nitrogen and oxygen atoms in total. The molecule has 0 aromatic heterocycles. The van der Waals surface area contributed by atoms with Gasteiger partial charge < -0.3 is 15.1 Å². The number of rotatable bonds is 5. The summed E-state index contributed by atoms with van der Waals surface area (Å²) in [6.45, 7) is 7.73. The SMILES string of the molecule is CN=C(NCCN1CCN(C(=O)C2CCCC2)CC1)N1CCC(c2ccccc2)C1. The fraction of sp³-hybridized carbons (Fsp3) is 0.667. The molecule has 30 heavy (non-hydrogen) atoms. The summed E-state index contributed by atoms with van der Waals surface area (Å²) in [7, 11) is 1.88. The zero-order valence-corrected chi connectivity index (χ0v) is 18.4. The minimum absolute atomic E-state index is 0.307. The number of carbonyl (C=O) groups is 1. The summed E-state index contributed by atoms with van der Waals surface area (Å²) >= 11 is 0. The highest BCUT2D eigenvalue weighted by atomic mass is 16.2. The lowest BCUT2D eigenvalue weighted by molar-refractivity contribution is -0.137. The van der Waals surface area contributed by atoms with E-state index in [0.29, 0.717) is 17.7 Å². The molecule has 1 amide bonds. The Hall–Kier alpha value is -2.08. The van der Waals surface area contributed by atoms with Gasteiger partial charge in [-0.25, -0.2) is 0 Å². The summed E-state index contributed by atoms with van der Waals surface area (Å²) in [5, 5.41) is 3.56. The zero-order valence-electron chi connectivity index (χ0n) is 18.4. The van der Waals surface area contributed by atoms with Crippen molar-refractivity contribution in [2.75, 3.05) is 59.4 Å². The molecule has 1 unspecified atom stereocenters. The van der Waals surface area contributed by atoms with E-state index in [-0.39, 0.29) is 0 Å². The van der Waals surface area contributed by atoms with Gasteiger partial charge in [0.15, 0.2) is 5.96 Å². The van der Waals surface area contributed by atoms with Crippen LogP contribution >= 0.6 is 0 Å². The van der Waals surface area contributed by atoms with Gasteiger partial charge in [-0.2, -0.15) is 0 Å². The maximum atomic E-state index is 12.6. The van der Waals surface area contributed by atoms with Crippen molar-refractivity contribution < 1.29 is 4.79 Å². The van der Waals surface area contributed by atoms with Crippen molar-refractivity contribution in [1.29, 1.82) is 0 Å². The highest BCUT2D eigenvalue weighted by Crippen LogP contribution is 2.27. The number of piperazine rings is 1. The summed E-state index contributed by atoms with van der Waals surface area (Å²) in [6, 6.07) is 10.8. The zero-order chi connectivity index (χ0) is 20.8. The van der Waals surface area contributed by atoms with E-state index in [1.807, 2.05) is 7.05 Å². The molecule has 0 radical (unpaired) electrons. The molecule has 6 heteroatoms. The Morgan fingerprint density at radius 2 is 1.73 bits per heavy atom. The molecule has 164 valence electrons. The second kappa shape index (κ2) is 10.3. The van der Waals surface area contributed by atoms with Crippen LogP contribution in [0.1, 0.15) is 43.6 Å². The molecule has 0 spiro atoms. The van der Waals surface area contributed by atoms with E-state index in [1.54, 1.807) is 0 Å². The summed E-state index contributed by atoms with van der Waals surface area (Å²) in [6.07, 6.45) is 5.84. The van der Waals surface area contributed by atoms with E-state index in [0.717, 1.165) is 71.2 Å². The van der Waals surface area contributed by atoms with E-state index in [9.17, 15) is 4.79 Å². The number of nitrogens with zero attached hydrogens (tertiary/aromatic N) is 4. The van der Waals surface area contributed by atoms with E-state index in [2.05, 4.69) is 55.3 Å². The number of hydrogen-bond donors (Lipinski definition) is 1. The van der Waals surface area contributed by atoms with E-state index in [1.165, 1.54) is 24.8 Å². The van der Waals surface area contributed by atoms with Crippen molar-refractivity contribution in [3.63, 3.8) is 0 Å². The van der Waals surface area contributed by atoms with Crippen molar-refractivity contribution in [2.45, 2.75) is 38.0 Å². The Kier molecular flexibility index (Phi) is 7.26. The predicted molar refractivity (Wildman–Crippen MR) is 122 cm³/mol. The van der Waals surface area contributed by atoms with Gasteiger partial charge in [0.1, 0.15) is 0 Å². The Balaban J connectivity index is 1.17. The third kappa shape index (κ3) is 5.15. The van der Waals surface area contributed by atoms with Crippen molar-refractivity contribution >= 4 is 11.9 Å². The van der Waals surface area contributed by atoms with Gasteiger partial charge in [-0.05, 0) is 24.8 Å². The molecule has 1 aromatic carbocycles. The lowest BCUT2D eigenvalue weighted by atomic mass is 9.99. The summed E-state index contributed by atoms with van der Waals surface area (Å²) in [5.74, 6) is 2.33. The normalized spacial score (nSPS) is 23.9. The first-order valence-corrected chi connectivity index (χ1v) is 11.8. The molecule has 1 aromatic rings. The fourth-order valence-electron chi connectivity index (χ4n) is 5.23. The number of likely N-dealkylation sites (tertiary alicyclic amines) is 1. The number of aliphatic imine (C=N–C) groups is 1. The average Bonchev–Trinajstić information content (AvgIpc) is 3.50. The molecule has 0 bridgehead atoms. The number of hydrogen-bond acceptors (Lipinski definition) is 3. The third-order valence-corrected chi connectivity index (χ3v) is 7.07. The van der Waals surface area contributed by atoms with Gasteiger partial charge in [0, 0.05) is 71.2 Å². The first kappa shape index (κ1) is 21.2. The maximum absolute atomic E-state index is 12.6. The van der Waals surface area contributed by atoms with Crippen LogP contribution in [0.25, 0.3) is 0 Å². The van der Waals surface area contributed by atoms with Crippen LogP contribution in [0.15, 0.2) is 35.3 Å². The molecule has 1 saturated carbocycles. The van der Waals surface area contributed by atoms with Crippen molar-refractivity contribution in [3.8, 4) is 0 Å². The van der Waals surface area contributed by atoms with Gasteiger partial charge in [-0.3, -0.25) is 14.7 Å². The van der Waals surface area contributed by atoms with Crippen LogP contribution in [0, 0.1) is 5.92 Å². The highest BCUT2D eigenvalue weighted by Gasteiger charge is 2.29. The van der Waals surface area contributed by atoms with Crippen LogP contribution in [0.2, 0.25) is 0 Å². The van der Waals surface area contributed by atoms with Crippen LogP contribution in [0.5, 0.6) is 0 Å². The summed E-state index contributed by atoms with van der Waals surface area (Å²) in [4.78, 5) is 24.1. The fourth-order valence-corrected chi connectivity index (χ4v) is 5.23. The van der Waals surface area contributed by atoms with Gasteiger partial charge in [-0.15, -0.1) is 0 Å². The third-order valence-electron chi connectivity index (χ3n) is 7.07. The molecule has 3 aliphatic rings. The number of nitrogens with one attached hydrogen (secondary N) is 1. The molecule has 4 rings (SSSR count). The molecule has 2 heterocycles. The van der Waals surface area contributed by atoms with Crippen LogP contribution in [-0.2, 0) is 4.79 Å². The Morgan fingerprint density at radius 1 is 1.00 bits per heavy atom. The minimum Gasteiger partial charge on any atom is -0.355 e. The Bertz CT molecular complexity index is 708. The number of benzene rings is 1. The van der Waals surface area contributed by atoms with Crippen LogP contribution in [-0.4, -0.2) is 86.0 Å². The van der Waals surface area contributed by atoms with Crippen LogP contribution in [0.4, 0.5) is 0 Å². The molecular formula is C24H37N5O. The Morgan fingerprint density at radius 3 is 2.43 bits per heavy atom. The summed E-state index contributed by atoms with van der Waals surface area (Å²) < 4.78 is 0. The lowest BCUT2D eigenvalue weighted by Gasteiger charge is -2.36. The van der Waals surface area contributed by atoms with Gasteiger partial charge in [0.2, 0.25) is 5.91 Å². The first-order chi connectivity index (χ1) is 14.7. The molecule has 1 atom stereocenters. The van der Waals surface area contributed by atoms with E-state index in [4.69, 9.17) is 0 Å². The monoisotopic (exact) mass is 411 g/mol. The maximum Gasteiger partial charge on any atom is 0.225 e. The van der Waals surface area contributed by atoms with Crippen LogP contribution < -0.4 is 5.32 Å². The lowest BCUT2D eigenvalue weighted by Crippen LogP contribution is -2.52. The second-order valence-electron chi connectivity index (χ2n) is 8.96. The smallest absolute Gasteiger partial charge is 0.225 e. The minimum atomic E-state index is 0.307. The number of carbonyl (C=O) groups excluding carboxylic acids is 1. The first-order valence-electron chi connectivity index (χ1n) is 11.8.